The van der Waals surface area contributed by atoms with Gasteiger partial charge in [0, 0.05) is 18.2 Å². The second-order valence-electron chi connectivity index (χ2n) is 4.37. The van der Waals surface area contributed by atoms with Crippen LogP contribution < -0.4 is 4.74 Å². The predicted octanol–water partition coefficient (Wildman–Crippen LogP) is 3.49. The molecule has 0 radical (unpaired) electrons. The van der Waals surface area contributed by atoms with Crippen molar-refractivity contribution in [3.05, 3.63) is 28.6 Å². The van der Waals surface area contributed by atoms with Gasteiger partial charge in [0.25, 0.3) is 0 Å². The second kappa shape index (κ2) is 5.49. The number of rotatable bonds is 2. The van der Waals surface area contributed by atoms with Gasteiger partial charge in [-0.15, -0.1) is 0 Å². The molecule has 1 saturated heterocycles. The predicted molar refractivity (Wildman–Crippen MR) is 74.0 cm³/mol. The highest BCUT2D eigenvalue weighted by Gasteiger charge is 2.17. The van der Waals surface area contributed by atoms with Crippen molar-refractivity contribution in [1.29, 1.82) is 0 Å². The standard InChI is InChI=1S/C13H12Cl2N2O2/c14-12-9-2-1-3-10(11(9)16-13(15)17-12)19-8-4-6-18-7-5-8/h1-3,8H,4-7H2. The highest BCUT2D eigenvalue weighted by molar-refractivity contribution is 6.35. The number of nitrogens with zero attached hydrogens (tertiary/aromatic N) is 2. The van der Waals surface area contributed by atoms with Crippen LogP contribution in [0.15, 0.2) is 18.2 Å². The van der Waals surface area contributed by atoms with Crippen LogP contribution in [0.4, 0.5) is 0 Å². The molecule has 0 spiro atoms. The van der Waals surface area contributed by atoms with E-state index in [1.54, 1.807) is 0 Å². The fraction of sp³-hybridized carbons (Fsp3) is 0.385. The summed E-state index contributed by atoms with van der Waals surface area (Å²) in [7, 11) is 0. The molecule has 3 rings (SSSR count). The van der Waals surface area contributed by atoms with E-state index in [-0.39, 0.29) is 11.4 Å². The topological polar surface area (TPSA) is 44.2 Å². The van der Waals surface area contributed by atoms with Crippen molar-refractivity contribution in [1.82, 2.24) is 9.97 Å². The molecule has 0 aliphatic carbocycles. The third-order valence-corrected chi connectivity index (χ3v) is 3.53. The largest absolute Gasteiger partial charge is 0.488 e. The van der Waals surface area contributed by atoms with Crippen LogP contribution in [0.25, 0.3) is 10.9 Å². The number of ether oxygens (including phenoxy) is 2. The Morgan fingerprint density at radius 1 is 1.16 bits per heavy atom. The third-order valence-electron chi connectivity index (χ3n) is 3.08. The minimum Gasteiger partial charge on any atom is -0.488 e. The Bertz CT molecular complexity index is 600. The number of hydrogen-bond donors (Lipinski definition) is 0. The summed E-state index contributed by atoms with van der Waals surface area (Å²) < 4.78 is 11.3. The molecule has 4 nitrogen and oxygen atoms in total. The van der Waals surface area contributed by atoms with E-state index in [9.17, 15) is 0 Å². The fourth-order valence-corrected chi connectivity index (χ4v) is 2.58. The summed E-state index contributed by atoms with van der Waals surface area (Å²) in [4.78, 5) is 8.15. The maximum atomic E-state index is 6.07. The first kappa shape index (κ1) is 12.9. The maximum Gasteiger partial charge on any atom is 0.224 e. The van der Waals surface area contributed by atoms with E-state index in [0.29, 0.717) is 16.4 Å². The summed E-state index contributed by atoms with van der Waals surface area (Å²) in [5, 5.41) is 1.21. The van der Waals surface area contributed by atoms with E-state index in [1.165, 1.54) is 0 Å². The second-order valence-corrected chi connectivity index (χ2v) is 5.06. The molecule has 6 heteroatoms. The van der Waals surface area contributed by atoms with Gasteiger partial charge >= 0.3 is 0 Å². The Labute approximate surface area is 120 Å². The molecule has 1 aromatic heterocycles. The third kappa shape index (κ3) is 2.76. The molecule has 0 unspecified atom stereocenters. The van der Waals surface area contributed by atoms with Gasteiger partial charge in [0.15, 0.2) is 0 Å². The Morgan fingerprint density at radius 3 is 2.74 bits per heavy atom. The minimum absolute atomic E-state index is 0.125. The number of benzene rings is 1. The summed E-state index contributed by atoms with van der Waals surface area (Å²) >= 11 is 11.9. The van der Waals surface area contributed by atoms with Crippen LogP contribution in [-0.4, -0.2) is 29.3 Å². The number of fused-ring (bicyclic) bond motifs is 1. The minimum atomic E-state index is 0.125. The number of aromatic nitrogens is 2. The molecule has 0 amide bonds. The summed E-state index contributed by atoms with van der Waals surface area (Å²) in [6, 6.07) is 5.60. The molecule has 2 heterocycles. The van der Waals surface area contributed by atoms with Crippen LogP contribution in [0.1, 0.15) is 12.8 Å². The number of halogens is 2. The van der Waals surface area contributed by atoms with Crippen LogP contribution in [0.2, 0.25) is 10.4 Å². The highest BCUT2D eigenvalue weighted by atomic mass is 35.5. The molecule has 1 aliphatic rings. The van der Waals surface area contributed by atoms with Crippen molar-refractivity contribution in [2.75, 3.05) is 13.2 Å². The lowest BCUT2D eigenvalue weighted by atomic mass is 10.1. The lowest BCUT2D eigenvalue weighted by molar-refractivity contribution is 0.0261. The smallest absolute Gasteiger partial charge is 0.224 e. The highest BCUT2D eigenvalue weighted by Crippen LogP contribution is 2.30. The first-order valence-electron chi connectivity index (χ1n) is 6.10. The Kier molecular flexibility index (Phi) is 3.73. The summed E-state index contributed by atoms with van der Waals surface area (Å²) in [5.41, 5.74) is 0.652. The average molecular weight is 299 g/mol. The molecule has 1 fully saturated rings. The van der Waals surface area contributed by atoms with Crippen molar-refractivity contribution in [3.8, 4) is 5.75 Å². The van der Waals surface area contributed by atoms with Crippen molar-refractivity contribution >= 4 is 34.1 Å². The molecule has 19 heavy (non-hydrogen) atoms. The lowest BCUT2D eigenvalue weighted by Gasteiger charge is -2.23. The SMILES string of the molecule is Clc1nc(Cl)c2cccc(OC3CCOCC3)c2n1. The van der Waals surface area contributed by atoms with E-state index in [4.69, 9.17) is 32.7 Å². The molecular weight excluding hydrogens is 287 g/mol. The quantitative estimate of drug-likeness (QED) is 0.629. The van der Waals surface area contributed by atoms with Crippen LogP contribution >= 0.6 is 23.2 Å². The zero-order valence-corrected chi connectivity index (χ0v) is 11.6. The van der Waals surface area contributed by atoms with Gasteiger partial charge in [0.2, 0.25) is 5.28 Å². The van der Waals surface area contributed by atoms with Gasteiger partial charge in [-0.1, -0.05) is 17.7 Å². The average Bonchev–Trinajstić information content (AvgIpc) is 2.41. The van der Waals surface area contributed by atoms with Crippen LogP contribution in [0.3, 0.4) is 0 Å². The number of hydrogen-bond acceptors (Lipinski definition) is 4. The molecule has 1 aromatic carbocycles. The summed E-state index contributed by atoms with van der Waals surface area (Å²) in [5.74, 6) is 0.690. The van der Waals surface area contributed by atoms with Crippen molar-refractivity contribution in [2.45, 2.75) is 18.9 Å². The molecule has 0 saturated carbocycles. The monoisotopic (exact) mass is 298 g/mol. The molecule has 100 valence electrons. The molecule has 1 aliphatic heterocycles. The van der Waals surface area contributed by atoms with Gasteiger partial charge in [-0.2, -0.15) is 0 Å². The summed E-state index contributed by atoms with van der Waals surface area (Å²) in [6.07, 6.45) is 1.90. The molecule has 0 N–H and O–H groups in total. The van der Waals surface area contributed by atoms with Gasteiger partial charge in [-0.3, -0.25) is 0 Å². The van der Waals surface area contributed by atoms with Gasteiger partial charge in [-0.25, -0.2) is 9.97 Å². The molecule has 2 aromatic rings. The van der Waals surface area contributed by atoms with Crippen molar-refractivity contribution < 1.29 is 9.47 Å². The lowest BCUT2D eigenvalue weighted by Crippen LogP contribution is -2.26. The van der Waals surface area contributed by atoms with Crippen molar-refractivity contribution in [3.63, 3.8) is 0 Å². The Hall–Kier alpha value is -1.10. The first-order chi connectivity index (χ1) is 9.24. The van der Waals surface area contributed by atoms with E-state index >= 15 is 0 Å². The van der Waals surface area contributed by atoms with Gasteiger partial charge in [0.05, 0.1) is 13.2 Å². The maximum absolute atomic E-state index is 6.07. The summed E-state index contributed by atoms with van der Waals surface area (Å²) in [6.45, 7) is 1.46. The Balaban J connectivity index is 1.98. The zero-order chi connectivity index (χ0) is 13.2. The molecular formula is C13H12Cl2N2O2. The zero-order valence-electron chi connectivity index (χ0n) is 10.1. The van der Waals surface area contributed by atoms with Crippen LogP contribution in [0, 0.1) is 0 Å². The van der Waals surface area contributed by atoms with E-state index in [2.05, 4.69) is 9.97 Å². The van der Waals surface area contributed by atoms with Crippen LogP contribution in [0.5, 0.6) is 5.75 Å². The fourth-order valence-electron chi connectivity index (χ4n) is 2.13. The van der Waals surface area contributed by atoms with Gasteiger partial charge < -0.3 is 9.47 Å². The van der Waals surface area contributed by atoms with Gasteiger partial charge in [-0.05, 0) is 23.7 Å². The van der Waals surface area contributed by atoms with E-state index < -0.39 is 0 Å². The normalized spacial score (nSPS) is 16.7. The van der Waals surface area contributed by atoms with Gasteiger partial charge in [0.1, 0.15) is 22.5 Å². The van der Waals surface area contributed by atoms with Crippen molar-refractivity contribution in [2.24, 2.45) is 0 Å². The van der Waals surface area contributed by atoms with Crippen LogP contribution in [-0.2, 0) is 4.74 Å². The first-order valence-corrected chi connectivity index (χ1v) is 6.86. The molecule has 0 atom stereocenters. The van der Waals surface area contributed by atoms with E-state index in [0.717, 1.165) is 31.4 Å². The molecule has 0 bridgehead atoms. The Morgan fingerprint density at radius 2 is 1.95 bits per heavy atom. The number of para-hydroxylation sites is 1. The van der Waals surface area contributed by atoms with E-state index in [1.807, 2.05) is 18.2 Å².